The minimum Gasteiger partial charge on any atom is -0.377 e. The molecule has 1 saturated heterocycles. The molecule has 4 aromatic heterocycles. The van der Waals surface area contributed by atoms with E-state index >= 15 is 0 Å². The van der Waals surface area contributed by atoms with Crippen LogP contribution in [0.15, 0.2) is 53.5 Å². The normalized spacial score (nSPS) is 23.7. The zero-order chi connectivity index (χ0) is 32.0. The number of carbonyl (C=O) groups excluding carboxylic acids is 3. The molecule has 3 aliphatic rings. The lowest BCUT2D eigenvalue weighted by Gasteiger charge is -2.27. The number of nitrogens with zero attached hydrogens (tertiary/aromatic N) is 7. The van der Waals surface area contributed by atoms with Crippen molar-refractivity contribution in [3.63, 3.8) is 0 Å². The van der Waals surface area contributed by atoms with Gasteiger partial charge in [-0.05, 0) is 53.4 Å². The molecule has 236 valence electrons. The van der Waals surface area contributed by atoms with Crippen LogP contribution in [0.3, 0.4) is 0 Å². The number of ether oxygens (including phenoxy) is 2. The lowest BCUT2D eigenvalue weighted by atomic mass is 9.95. The Morgan fingerprint density at radius 1 is 1.07 bits per heavy atom. The molecule has 0 N–H and O–H groups in total. The van der Waals surface area contributed by atoms with Crippen molar-refractivity contribution in [1.29, 1.82) is 0 Å². The first-order valence-electron chi connectivity index (χ1n) is 15.2. The molecule has 4 aromatic rings. The molecule has 0 aromatic carbocycles. The van der Waals surface area contributed by atoms with E-state index in [9.17, 15) is 14.4 Å². The standard InChI is InChI=1S/C33H32BrN7O5/c1-19(42)32-23-9-24(22-13-35-20(2)36-14-22)37-15-27(23)40(39-32)16-31(44)41-26-11-33(12-29(33)41)18-46-8-4-3-7-45-17-21-5-6-30(34)38-25(21)10-28(26)43/h3-6,9,13-15,26,29H,7-8,10-12,16-18H2,1-2H3/b4-3-/t26-,29+,33-/m0/s1. The van der Waals surface area contributed by atoms with E-state index in [2.05, 4.69) is 41.0 Å². The van der Waals surface area contributed by atoms with Gasteiger partial charge in [-0.15, -0.1) is 0 Å². The number of hydrogen-bond donors (Lipinski definition) is 0. The first-order valence-corrected chi connectivity index (χ1v) is 16.0. The molecule has 2 bridgehead atoms. The lowest BCUT2D eigenvalue weighted by molar-refractivity contribution is -0.139. The first-order chi connectivity index (χ1) is 22.2. The summed E-state index contributed by atoms with van der Waals surface area (Å²) in [6.45, 7) is 4.71. The van der Waals surface area contributed by atoms with E-state index in [1.165, 1.54) is 11.6 Å². The molecule has 0 unspecified atom stereocenters. The van der Waals surface area contributed by atoms with Crippen LogP contribution in [-0.2, 0) is 38.6 Å². The van der Waals surface area contributed by atoms with Crippen molar-refractivity contribution in [2.24, 2.45) is 5.41 Å². The van der Waals surface area contributed by atoms with Gasteiger partial charge in [0.05, 0.1) is 62.0 Å². The molecule has 2 aliphatic heterocycles. The average Bonchev–Trinajstić information content (AvgIpc) is 3.45. The Hall–Kier alpha value is -4.20. The van der Waals surface area contributed by atoms with Gasteiger partial charge in [0.25, 0.3) is 0 Å². The summed E-state index contributed by atoms with van der Waals surface area (Å²) in [5.74, 6) is 0.0784. The third-order valence-corrected chi connectivity index (χ3v) is 9.47. The molecule has 3 atom stereocenters. The molecule has 1 amide bonds. The van der Waals surface area contributed by atoms with Crippen LogP contribution >= 0.6 is 15.9 Å². The summed E-state index contributed by atoms with van der Waals surface area (Å²) < 4.78 is 13.9. The molecule has 12 nitrogen and oxygen atoms in total. The number of rotatable bonds is 4. The van der Waals surface area contributed by atoms with Crippen LogP contribution in [-0.4, -0.2) is 84.0 Å². The van der Waals surface area contributed by atoms with Crippen molar-refractivity contribution in [3.05, 3.63) is 76.3 Å². The molecule has 1 spiro atoms. The molecule has 6 heterocycles. The second-order valence-electron chi connectivity index (χ2n) is 12.2. The van der Waals surface area contributed by atoms with Gasteiger partial charge in [0, 0.05) is 41.7 Å². The number of hydrogen-bond acceptors (Lipinski definition) is 10. The number of aromatic nitrogens is 6. The summed E-state index contributed by atoms with van der Waals surface area (Å²) in [5, 5.41) is 5.14. The molecule has 13 heteroatoms. The fourth-order valence-corrected chi connectivity index (χ4v) is 6.94. The van der Waals surface area contributed by atoms with Crippen LogP contribution in [0.1, 0.15) is 47.3 Å². The van der Waals surface area contributed by atoms with E-state index in [1.54, 1.807) is 36.5 Å². The molecule has 1 aliphatic carbocycles. The van der Waals surface area contributed by atoms with Gasteiger partial charge in [-0.25, -0.2) is 15.0 Å². The quantitative estimate of drug-likeness (QED) is 0.177. The number of amides is 1. The van der Waals surface area contributed by atoms with Crippen LogP contribution in [0.2, 0.25) is 0 Å². The highest BCUT2D eigenvalue weighted by Gasteiger charge is 2.67. The molecule has 2 fully saturated rings. The molecule has 1 saturated carbocycles. The fraction of sp³-hybridized carbons (Fsp3) is 0.394. The topological polar surface area (TPSA) is 142 Å². The number of halogens is 1. The Bertz CT molecular complexity index is 1890. The third kappa shape index (κ3) is 5.78. The summed E-state index contributed by atoms with van der Waals surface area (Å²) >= 11 is 3.43. The van der Waals surface area contributed by atoms with E-state index in [-0.39, 0.29) is 47.6 Å². The number of ketones is 2. The van der Waals surface area contributed by atoms with Crippen molar-refractivity contribution < 1.29 is 23.9 Å². The Morgan fingerprint density at radius 2 is 1.85 bits per heavy atom. The second-order valence-corrected chi connectivity index (χ2v) is 13.0. The highest BCUT2D eigenvalue weighted by molar-refractivity contribution is 9.10. The predicted molar refractivity (Wildman–Crippen MR) is 170 cm³/mol. The first kappa shape index (κ1) is 30.5. The molecule has 0 radical (unpaired) electrons. The lowest BCUT2D eigenvalue weighted by Crippen LogP contribution is -2.45. The van der Waals surface area contributed by atoms with Gasteiger partial charge < -0.3 is 14.4 Å². The van der Waals surface area contributed by atoms with E-state index in [0.717, 1.165) is 12.0 Å². The number of likely N-dealkylation sites (tertiary alicyclic amines) is 1. The van der Waals surface area contributed by atoms with Gasteiger partial charge in [0.15, 0.2) is 11.6 Å². The summed E-state index contributed by atoms with van der Waals surface area (Å²) in [6, 6.07) is 4.75. The maximum Gasteiger partial charge on any atom is 0.245 e. The molecular formula is C33H32BrN7O5. The van der Waals surface area contributed by atoms with E-state index in [0.29, 0.717) is 71.1 Å². The van der Waals surface area contributed by atoms with Gasteiger partial charge in [0.1, 0.15) is 22.7 Å². The minimum atomic E-state index is -0.634. The van der Waals surface area contributed by atoms with Crippen molar-refractivity contribution in [3.8, 4) is 11.3 Å². The van der Waals surface area contributed by atoms with Crippen LogP contribution < -0.4 is 0 Å². The molecular weight excluding hydrogens is 654 g/mol. The summed E-state index contributed by atoms with van der Waals surface area (Å²) in [7, 11) is 0. The molecule has 46 heavy (non-hydrogen) atoms. The summed E-state index contributed by atoms with van der Waals surface area (Å²) in [5.41, 5.74) is 3.26. The Morgan fingerprint density at radius 3 is 2.63 bits per heavy atom. The predicted octanol–water partition coefficient (Wildman–Crippen LogP) is 3.83. The zero-order valence-corrected chi connectivity index (χ0v) is 27.1. The monoisotopic (exact) mass is 685 g/mol. The number of piperidine rings is 1. The van der Waals surface area contributed by atoms with Crippen molar-refractivity contribution in [2.45, 2.75) is 58.3 Å². The summed E-state index contributed by atoms with van der Waals surface area (Å²) in [4.78, 5) is 60.2. The van der Waals surface area contributed by atoms with Crippen LogP contribution in [0.4, 0.5) is 0 Å². The van der Waals surface area contributed by atoms with Crippen LogP contribution in [0.25, 0.3) is 22.2 Å². The number of carbonyl (C=O) groups is 3. The van der Waals surface area contributed by atoms with Gasteiger partial charge in [-0.3, -0.25) is 24.0 Å². The Balaban J connectivity index is 1.20. The Kier molecular flexibility index (Phi) is 8.07. The largest absolute Gasteiger partial charge is 0.377 e. The van der Waals surface area contributed by atoms with Gasteiger partial charge in [0.2, 0.25) is 5.91 Å². The van der Waals surface area contributed by atoms with Gasteiger partial charge in [-0.1, -0.05) is 18.2 Å². The number of pyridine rings is 2. The van der Waals surface area contributed by atoms with Gasteiger partial charge in [-0.2, -0.15) is 5.10 Å². The van der Waals surface area contributed by atoms with Crippen LogP contribution in [0.5, 0.6) is 0 Å². The van der Waals surface area contributed by atoms with Crippen molar-refractivity contribution in [2.75, 3.05) is 19.8 Å². The number of fused-ring (bicyclic) bond motifs is 3. The maximum atomic E-state index is 14.2. The second kappa shape index (κ2) is 12.2. The zero-order valence-electron chi connectivity index (χ0n) is 25.5. The van der Waals surface area contributed by atoms with E-state index in [4.69, 9.17) is 9.47 Å². The van der Waals surface area contributed by atoms with Gasteiger partial charge >= 0.3 is 0 Å². The SMILES string of the molecule is CC(=O)c1nn(CC(=O)N2[C@H]3C[C@@]4(COC/C=C\COCc5ccc(Br)nc5CC3=O)C[C@@H]24)c2cnc(-c3cnc(C)nc3)cc12. The average molecular weight is 687 g/mol. The summed E-state index contributed by atoms with van der Waals surface area (Å²) in [6.07, 6.45) is 10.2. The highest BCUT2D eigenvalue weighted by Crippen LogP contribution is 2.60. The smallest absolute Gasteiger partial charge is 0.245 e. The van der Waals surface area contributed by atoms with Crippen molar-refractivity contribution >= 4 is 44.3 Å². The number of aryl methyl sites for hydroxylation is 1. The third-order valence-electron chi connectivity index (χ3n) is 9.03. The molecule has 7 rings (SSSR count). The van der Waals surface area contributed by atoms with E-state index < -0.39 is 6.04 Å². The highest BCUT2D eigenvalue weighted by atomic mass is 79.9. The van der Waals surface area contributed by atoms with Crippen molar-refractivity contribution in [1.82, 2.24) is 34.6 Å². The minimum absolute atomic E-state index is 0.0701. The number of Topliss-reactive ketones (excluding diaryl/α,β-unsaturated/α-hetero) is 2. The maximum absolute atomic E-state index is 14.2. The van der Waals surface area contributed by atoms with E-state index in [1.807, 2.05) is 24.3 Å². The Labute approximate surface area is 273 Å². The van der Waals surface area contributed by atoms with Crippen LogP contribution in [0, 0.1) is 12.3 Å². The fourth-order valence-electron chi connectivity index (χ4n) is 6.59.